The summed E-state index contributed by atoms with van der Waals surface area (Å²) in [6.45, 7) is 0. The van der Waals surface area contributed by atoms with Crippen molar-refractivity contribution in [2.45, 2.75) is 0 Å². The van der Waals surface area contributed by atoms with Gasteiger partial charge >= 0.3 is 46.1 Å². The Morgan fingerprint density at radius 2 is 1.31 bits per heavy atom. The van der Waals surface area contributed by atoms with Crippen molar-refractivity contribution in [2.24, 2.45) is 0 Å². The molecule has 0 amide bonds. The van der Waals surface area contributed by atoms with E-state index in [4.69, 9.17) is 19.6 Å². The summed E-state index contributed by atoms with van der Waals surface area (Å²) in [5.74, 6) is 0. The van der Waals surface area contributed by atoms with Gasteiger partial charge in [0.2, 0.25) is 10.4 Å². The molecule has 0 heterocycles. The van der Waals surface area contributed by atoms with Crippen LogP contribution in [-0.2, 0) is 29.5 Å². The van der Waals surface area contributed by atoms with Crippen molar-refractivity contribution in [2.75, 3.05) is 0 Å². The zero-order valence-electron chi connectivity index (χ0n) is 7.63. The van der Waals surface area contributed by atoms with Gasteiger partial charge in [-0.1, -0.05) is 8.67 Å². The third kappa shape index (κ3) is 48.4. The van der Waals surface area contributed by atoms with E-state index in [1.165, 1.54) is 0 Å². The third-order valence-electron chi connectivity index (χ3n) is 0.197. The van der Waals surface area contributed by atoms with Crippen molar-refractivity contribution in [3.8, 4) is 0 Å². The van der Waals surface area contributed by atoms with Gasteiger partial charge in [-0.3, -0.25) is 4.55 Å². The molecule has 0 unspecified atom stereocenters. The summed E-state index contributed by atoms with van der Waals surface area (Å²) >= 11 is 0. The molecule has 0 radical (unpaired) electrons. The molecule has 12 nitrogen and oxygen atoms in total. The summed E-state index contributed by atoms with van der Waals surface area (Å²) in [7, 11) is -10.3. The van der Waals surface area contributed by atoms with Crippen LogP contribution in [0.2, 0.25) is 0 Å². The standard InChI is InChI=1S/CH2O3.H3N.Na.H2O8S2/c2-1(3)4;;;1-9(2,3)7-8-10(4,5)6/h(H2,2,3,4);1H3;;(H,1,2,3)(H,4,5,6)/q;;+1;/p-1. The maximum absolute atomic E-state index is 9.48. The summed E-state index contributed by atoms with van der Waals surface area (Å²) in [5, 5.41) is 13.9. The van der Waals surface area contributed by atoms with E-state index in [1.807, 2.05) is 0 Å². The average molecular weight is 295 g/mol. The molecular formula is CH6NNaO11S2. The molecule has 0 aliphatic carbocycles. The first-order valence-corrected chi connectivity index (χ1v) is 4.87. The Bertz CT molecular complexity index is 331. The molecule has 16 heavy (non-hydrogen) atoms. The second kappa shape index (κ2) is 10.1. The molecule has 0 fully saturated rings. The summed E-state index contributed by atoms with van der Waals surface area (Å²) in [5.41, 5.74) is 0. The second-order valence-corrected chi connectivity index (χ2v) is 3.20. The molecule has 94 valence electrons. The molecule has 0 saturated carbocycles. The minimum Gasteiger partial charge on any atom is -0.724 e. The van der Waals surface area contributed by atoms with Gasteiger partial charge in [-0.15, -0.1) is 0 Å². The largest absolute Gasteiger partial charge is 1.00 e. The van der Waals surface area contributed by atoms with Crippen LogP contribution in [0.3, 0.4) is 0 Å². The van der Waals surface area contributed by atoms with Crippen molar-refractivity contribution in [3.05, 3.63) is 0 Å². The first-order chi connectivity index (χ1) is 5.94. The molecule has 0 saturated heterocycles. The monoisotopic (exact) mass is 295 g/mol. The van der Waals surface area contributed by atoms with Crippen LogP contribution in [0.1, 0.15) is 0 Å². The zero-order chi connectivity index (χ0) is 12.0. The van der Waals surface area contributed by atoms with Crippen LogP contribution in [0.15, 0.2) is 0 Å². The summed E-state index contributed by atoms with van der Waals surface area (Å²) in [6, 6.07) is 0. The fourth-order valence-corrected chi connectivity index (χ4v) is 0.622. The van der Waals surface area contributed by atoms with Crippen LogP contribution < -0.4 is 35.7 Å². The van der Waals surface area contributed by atoms with Crippen molar-refractivity contribution >= 4 is 27.0 Å². The molecule has 15 heteroatoms. The maximum atomic E-state index is 9.48. The SMILES string of the molecule is N.O=C(O)O.O=S(=O)([O-])OOS(=O)(=O)O.[Na+]. The Balaban J connectivity index is -0.000000105. The van der Waals surface area contributed by atoms with Crippen LogP contribution >= 0.6 is 0 Å². The summed E-state index contributed by atoms with van der Waals surface area (Å²) in [6.07, 6.45) is -1.83. The molecule has 0 rings (SSSR count). The first kappa shape index (κ1) is 25.0. The van der Waals surface area contributed by atoms with E-state index < -0.39 is 27.0 Å². The zero-order valence-corrected chi connectivity index (χ0v) is 11.3. The van der Waals surface area contributed by atoms with Crippen LogP contribution in [0.4, 0.5) is 4.79 Å². The molecule has 0 aliphatic rings. The number of carboxylic acid groups (broad SMARTS) is 2. The number of hydrogen-bond donors (Lipinski definition) is 4. The minimum absolute atomic E-state index is 0. The van der Waals surface area contributed by atoms with Crippen LogP contribution in [0.5, 0.6) is 0 Å². The molecule has 0 bridgehead atoms. The predicted octanol–water partition coefficient (Wildman–Crippen LogP) is -4.41. The van der Waals surface area contributed by atoms with Gasteiger partial charge in [-0.05, 0) is 0 Å². The number of rotatable bonds is 3. The quantitative estimate of drug-likeness (QED) is 0.127. The van der Waals surface area contributed by atoms with E-state index >= 15 is 0 Å². The molecule has 0 aliphatic heterocycles. The van der Waals surface area contributed by atoms with Gasteiger partial charge < -0.3 is 20.9 Å². The van der Waals surface area contributed by atoms with E-state index in [9.17, 15) is 21.4 Å². The summed E-state index contributed by atoms with van der Waals surface area (Å²) in [4.78, 5) is 8.56. The topological polar surface area (TPSA) is 223 Å². The van der Waals surface area contributed by atoms with Gasteiger partial charge in [0.25, 0.3) is 0 Å². The normalized spacial score (nSPS) is 9.88. The Morgan fingerprint density at radius 3 is 1.38 bits per heavy atom. The predicted molar refractivity (Wildman–Crippen MR) is 39.1 cm³/mol. The van der Waals surface area contributed by atoms with Gasteiger partial charge in [0.05, 0.1) is 0 Å². The first-order valence-electron chi connectivity index (χ1n) is 2.17. The smallest absolute Gasteiger partial charge is 0.724 e. The third-order valence-corrected chi connectivity index (χ3v) is 0.758. The van der Waals surface area contributed by atoms with E-state index in [2.05, 4.69) is 8.67 Å². The molecule has 0 aromatic heterocycles. The Kier molecular flexibility index (Phi) is 15.8. The van der Waals surface area contributed by atoms with Crippen LogP contribution in [0, 0.1) is 0 Å². The Morgan fingerprint density at radius 1 is 1.06 bits per heavy atom. The van der Waals surface area contributed by atoms with Gasteiger partial charge in [0.15, 0.2) is 0 Å². The van der Waals surface area contributed by atoms with Crippen LogP contribution in [0.25, 0.3) is 0 Å². The molecule has 0 aromatic carbocycles. The van der Waals surface area contributed by atoms with Crippen LogP contribution in [-0.4, -0.2) is 42.3 Å². The van der Waals surface area contributed by atoms with E-state index in [0.717, 1.165) is 0 Å². The molecule has 0 spiro atoms. The van der Waals surface area contributed by atoms with Crippen molar-refractivity contribution < 1.29 is 79.2 Å². The molecule has 0 aromatic rings. The minimum atomic E-state index is -5.27. The maximum Gasteiger partial charge on any atom is 1.00 e. The molecular weight excluding hydrogens is 289 g/mol. The van der Waals surface area contributed by atoms with Gasteiger partial charge in [0.1, 0.15) is 0 Å². The molecule has 6 N–H and O–H groups in total. The second-order valence-electron chi connectivity index (χ2n) is 1.25. The number of hydrogen-bond acceptors (Lipinski definition) is 9. The van der Waals surface area contributed by atoms with Gasteiger partial charge in [-0.25, -0.2) is 13.2 Å². The Labute approximate surface area is 112 Å². The van der Waals surface area contributed by atoms with Crippen molar-refractivity contribution in [3.63, 3.8) is 0 Å². The fraction of sp³-hybridized carbons (Fsp3) is 0. The van der Waals surface area contributed by atoms with Crippen molar-refractivity contribution in [1.82, 2.24) is 6.15 Å². The Hall–Kier alpha value is -0.0300. The molecule has 0 atom stereocenters. The van der Waals surface area contributed by atoms with Gasteiger partial charge in [0, 0.05) is 0 Å². The van der Waals surface area contributed by atoms with Crippen molar-refractivity contribution in [1.29, 1.82) is 0 Å². The van der Waals surface area contributed by atoms with Gasteiger partial charge in [-0.2, -0.15) is 8.42 Å². The average Bonchev–Trinajstić information content (AvgIpc) is 1.79. The summed E-state index contributed by atoms with van der Waals surface area (Å²) < 4.78 is 60.2. The van der Waals surface area contributed by atoms with E-state index in [-0.39, 0.29) is 35.7 Å². The van der Waals surface area contributed by atoms with E-state index in [0.29, 0.717) is 0 Å². The fourth-order valence-electron chi connectivity index (χ4n) is 0.0691. The van der Waals surface area contributed by atoms with E-state index in [1.54, 1.807) is 0 Å². The number of carbonyl (C=O) groups is 1.